The lowest BCUT2D eigenvalue weighted by Crippen LogP contribution is -2.41. The molecule has 150 valence electrons. The second-order valence-corrected chi connectivity index (χ2v) is 6.50. The van der Waals surface area contributed by atoms with Gasteiger partial charge in [0.05, 0.1) is 20.3 Å². The van der Waals surface area contributed by atoms with Gasteiger partial charge in [0.25, 0.3) is 5.91 Å². The molecule has 2 heterocycles. The molecule has 1 aliphatic rings. The molecule has 0 unspecified atom stereocenters. The Kier molecular flexibility index (Phi) is 7.57. The van der Waals surface area contributed by atoms with Crippen LogP contribution in [-0.2, 0) is 11.2 Å². The highest BCUT2D eigenvalue weighted by molar-refractivity contribution is 5.92. The van der Waals surface area contributed by atoms with Gasteiger partial charge in [-0.1, -0.05) is 18.2 Å². The number of anilines is 1. The number of rotatable bonds is 9. The van der Waals surface area contributed by atoms with Crippen molar-refractivity contribution in [3.8, 4) is 5.75 Å². The van der Waals surface area contributed by atoms with Crippen LogP contribution in [0.5, 0.6) is 5.75 Å². The summed E-state index contributed by atoms with van der Waals surface area (Å²) >= 11 is 0. The minimum Gasteiger partial charge on any atom is -0.496 e. The molecule has 2 aromatic rings. The van der Waals surface area contributed by atoms with Crippen LogP contribution in [-0.4, -0.2) is 74.1 Å². The van der Waals surface area contributed by atoms with Crippen molar-refractivity contribution in [1.82, 2.24) is 20.4 Å². The summed E-state index contributed by atoms with van der Waals surface area (Å²) < 4.78 is 10.7. The normalized spacial score (nSPS) is 14.5. The van der Waals surface area contributed by atoms with Gasteiger partial charge in [0, 0.05) is 32.7 Å². The Balaban J connectivity index is 1.40. The number of hydrogen-bond acceptors (Lipinski definition) is 7. The van der Waals surface area contributed by atoms with Crippen molar-refractivity contribution < 1.29 is 14.3 Å². The lowest BCUT2D eigenvalue weighted by atomic mass is 10.1. The van der Waals surface area contributed by atoms with E-state index in [4.69, 9.17) is 9.47 Å². The van der Waals surface area contributed by atoms with Crippen LogP contribution in [0.2, 0.25) is 0 Å². The molecule has 0 spiro atoms. The van der Waals surface area contributed by atoms with Crippen molar-refractivity contribution in [3.05, 3.63) is 47.7 Å². The van der Waals surface area contributed by atoms with Crippen molar-refractivity contribution in [3.63, 3.8) is 0 Å². The number of amides is 1. The van der Waals surface area contributed by atoms with Gasteiger partial charge in [-0.2, -0.15) is 0 Å². The van der Waals surface area contributed by atoms with Gasteiger partial charge in [0.1, 0.15) is 11.6 Å². The molecule has 1 saturated heterocycles. The Hall–Kier alpha value is -2.71. The quantitative estimate of drug-likeness (QED) is 0.671. The van der Waals surface area contributed by atoms with Crippen LogP contribution in [0.15, 0.2) is 36.4 Å². The lowest BCUT2D eigenvalue weighted by Gasteiger charge is -2.26. The van der Waals surface area contributed by atoms with Gasteiger partial charge >= 0.3 is 0 Å². The Bertz CT molecular complexity index is 748. The SMILES string of the molecule is COc1ccccc1CCNc1ccc(C(=O)NCCN2CCOCC2)nn1. The molecule has 8 heteroatoms. The first kappa shape index (κ1) is 20.0. The molecule has 1 aromatic carbocycles. The third kappa shape index (κ3) is 5.90. The van der Waals surface area contributed by atoms with Gasteiger partial charge in [-0.25, -0.2) is 0 Å². The third-order valence-corrected chi connectivity index (χ3v) is 4.61. The number of morpholine rings is 1. The highest BCUT2D eigenvalue weighted by Gasteiger charge is 2.12. The van der Waals surface area contributed by atoms with Crippen molar-refractivity contribution in [2.24, 2.45) is 0 Å². The van der Waals surface area contributed by atoms with Gasteiger partial charge in [-0.05, 0) is 30.2 Å². The van der Waals surface area contributed by atoms with E-state index in [2.05, 4.69) is 25.7 Å². The second kappa shape index (κ2) is 10.6. The topological polar surface area (TPSA) is 88.6 Å². The monoisotopic (exact) mass is 385 g/mol. The van der Waals surface area contributed by atoms with Crippen molar-refractivity contribution in [1.29, 1.82) is 0 Å². The lowest BCUT2D eigenvalue weighted by molar-refractivity contribution is 0.0383. The van der Waals surface area contributed by atoms with Crippen LogP contribution in [0.3, 0.4) is 0 Å². The number of nitrogens with zero attached hydrogens (tertiary/aromatic N) is 3. The van der Waals surface area contributed by atoms with Crippen molar-refractivity contribution in [2.75, 3.05) is 58.4 Å². The minimum absolute atomic E-state index is 0.207. The van der Waals surface area contributed by atoms with E-state index >= 15 is 0 Å². The maximum atomic E-state index is 12.2. The average Bonchev–Trinajstić information content (AvgIpc) is 2.75. The fourth-order valence-corrected chi connectivity index (χ4v) is 3.03. The summed E-state index contributed by atoms with van der Waals surface area (Å²) in [6.07, 6.45) is 0.801. The number of nitrogens with one attached hydrogen (secondary N) is 2. The summed E-state index contributed by atoms with van der Waals surface area (Å²) in [6, 6.07) is 11.4. The predicted octanol–water partition coefficient (Wildman–Crippen LogP) is 1.20. The molecule has 28 heavy (non-hydrogen) atoms. The fraction of sp³-hybridized carbons (Fsp3) is 0.450. The molecule has 0 aliphatic carbocycles. The van der Waals surface area contributed by atoms with E-state index in [0.29, 0.717) is 24.6 Å². The average molecular weight is 385 g/mol. The number of ether oxygens (including phenoxy) is 2. The van der Waals surface area contributed by atoms with E-state index in [1.165, 1.54) is 0 Å². The Labute approximate surface area is 165 Å². The number of carbonyl (C=O) groups is 1. The Morgan fingerprint density at radius 1 is 1.14 bits per heavy atom. The molecule has 0 saturated carbocycles. The number of hydrogen-bond donors (Lipinski definition) is 2. The standard InChI is InChI=1S/C20H27N5O3/c1-27-18-5-3-2-4-16(18)8-9-21-19-7-6-17(23-24-19)20(26)22-10-11-25-12-14-28-15-13-25/h2-7H,8-15H2,1H3,(H,21,24)(H,22,26). The molecular formula is C20H27N5O3. The second-order valence-electron chi connectivity index (χ2n) is 6.50. The van der Waals surface area contributed by atoms with E-state index in [1.807, 2.05) is 24.3 Å². The van der Waals surface area contributed by atoms with Gasteiger partial charge in [-0.3, -0.25) is 9.69 Å². The molecule has 3 rings (SSSR count). The number of aromatic nitrogens is 2. The van der Waals surface area contributed by atoms with Gasteiger partial charge in [0.15, 0.2) is 5.69 Å². The fourth-order valence-electron chi connectivity index (χ4n) is 3.03. The van der Waals surface area contributed by atoms with Crippen LogP contribution >= 0.6 is 0 Å². The van der Waals surface area contributed by atoms with E-state index in [9.17, 15) is 4.79 Å². The predicted molar refractivity (Wildman–Crippen MR) is 107 cm³/mol. The molecule has 0 atom stereocenters. The molecular weight excluding hydrogens is 358 g/mol. The van der Waals surface area contributed by atoms with E-state index in [0.717, 1.165) is 50.6 Å². The van der Waals surface area contributed by atoms with E-state index in [-0.39, 0.29) is 5.91 Å². The maximum Gasteiger partial charge on any atom is 0.271 e. The summed E-state index contributed by atoms with van der Waals surface area (Å²) in [5.74, 6) is 1.31. The third-order valence-electron chi connectivity index (χ3n) is 4.61. The molecule has 2 N–H and O–H groups in total. The number of methoxy groups -OCH3 is 1. The first-order valence-corrected chi connectivity index (χ1v) is 9.54. The highest BCUT2D eigenvalue weighted by atomic mass is 16.5. The summed E-state index contributed by atoms with van der Waals surface area (Å²) in [4.78, 5) is 14.4. The van der Waals surface area contributed by atoms with Crippen LogP contribution in [0.1, 0.15) is 16.1 Å². The summed E-state index contributed by atoms with van der Waals surface area (Å²) in [5.41, 5.74) is 1.44. The van der Waals surface area contributed by atoms with Crippen LogP contribution in [0.25, 0.3) is 0 Å². The minimum atomic E-state index is -0.207. The summed E-state index contributed by atoms with van der Waals surface area (Å²) in [7, 11) is 1.67. The van der Waals surface area contributed by atoms with Crippen LogP contribution in [0.4, 0.5) is 5.82 Å². The Morgan fingerprint density at radius 2 is 1.96 bits per heavy atom. The summed E-state index contributed by atoms with van der Waals surface area (Å²) in [6.45, 7) is 5.41. The summed E-state index contributed by atoms with van der Waals surface area (Å²) in [5, 5.41) is 14.2. The maximum absolute atomic E-state index is 12.2. The smallest absolute Gasteiger partial charge is 0.271 e. The van der Waals surface area contributed by atoms with Gasteiger partial charge in [-0.15, -0.1) is 10.2 Å². The Morgan fingerprint density at radius 3 is 2.71 bits per heavy atom. The van der Waals surface area contributed by atoms with Crippen molar-refractivity contribution in [2.45, 2.75) is 6.42 Å². The van der Waals surface area contributed by atoms with E-state index < -0.39 is 0 Å². The first-order chi connectivity index (χ1) is 13.8. The number of carbonyl (C=O) groups excluding carboxylic acids is 1. The van der Waals surface area contributed by atoms with Gasteiger partial charge in [0.2, 0.25) is 0 Å². The molecule has 1 fully saturated rings. The first-order valence-electron chi connectivity index (χ1n) is 9.54. The highest BCUT2D eigenvalue weighted by Crippen LogP contribution is 2.17. The zero-order valence-corrected chi connectivity index (χ0v) is 16.2. The van der Waals surface area contributed by atoms with Gasteiger partial charge < -0.3 is 20.1 Å². The van der Waals surface area contributed by atoms with Crippen LogP contribution in [0, 0.1) is 0 Å². The van der Waals surface area contributed by atoms with Crippen molar-refractivity contribution >= 4 is 11.7 Å². The zero-order chi connectivity index (χ0) is 19.6. The molecule has 8 nitrogen and oxygen atoms in total. The van der Waals surface area contributed by atoms with Crippen LogP contribution < -0.4 is 15.4 Å². The molecule has 1 amide bonds. The molecule has 1 aliphatic heterocycles. The number of para-hydroxylation sites is 1. The molecule has 0 bridgehead atoms. The molecule has 0 radical (unpaired) electrons. The zero-order valence-electron chi connectivity index (χ0n) is 16.2. The molecule has 1 aromatic heterocycles. The largest absolute Gasteiger partial charge is 0.496 e. The number of benzene rings is 1. The van der Waals surface area contributed by atoms with E-state index in [1.54, 1.807) is 19.2 Å².